The Labute approximate surface area is 154 Å². The number of amides is 1. The largest absolute Gasteiger partial charge is 0.325 e. The molecule has 26 heavy (non-hydrogen) atoms. The number of carbonyl (C=O) groups excluding carboxylic acids is 1. The lowest BCUT2D eigenvalue weighted by Gasteiger charge is -2.35. The van der Waals surface area contributed by atoms with Crippen molar-refractivity contribution >= 4 is 31.6 Å². The van der Waals surface area contributed by atoms with Gasteiger partial charge in [-0.3, -0.25) is 9.69 Å². The molecule has 2 rings (SSSR count). The number of primary sulfonamides is 1. The van der Waals surface area contributed by atoms with Gasteiger partial charge in [-0.2, -0.15) is 0 Å². The zero-order chi connectivity index (χ0) is 19.5. The second kappa shape index (κ2) is 8.01. The summed E-state index contributed by atoms with van der Waals surface area (Å²) in [5.41, 5.74) is 0.475. The molecular weight excluding hydrogens is 380 g/mol. The van der Waals surface area contributed by atoms with Gasteiger partial charge in [-0.15, -0.1) is 0 Å². The molecule has 0 unspecified atom stereocenters. The zero-order valence-corrected chi connectivity index (χ0v) is 16.3. The molecule has 0 spiro atoms. The first kappa shape index (κ1) is 20.8. The van der Waals surface area contributed by atoms with Gasteiger partial charge in [-0.05, 0) is 44.0 Å². The predicted octanol–water partition coefficient (Wildman–Crippen LogP) is -0.325. The van der Waals surface area contributed by atoms with E-state index in [0.717, 1.165) is 6.26 Å². The van der Waals surface area contributed by atoms with E-state index < -0.39 is 26.1 Å². The third-order valence-electron chi connectivity index (χ3n) is 4.29. The van der Waals surface area contributed by atoms with Crippen LogP contribution >= 0.6 is 0 Å². The molecule has 1 fully saturated rings. The van der Waals surface area contributed by atoms with Crippen LogP contribution in [0.1, 0.15) is 19.8 Å². The van der Waals surface area contributed by atoms with Crippen molar-refractivity contribution in [3.8, 4) is 0 Å². The third kappa shape index (κ3) is 6.02. The summed E-state index contributed by atoms with van der Waals surface area (Å²) in [7, 11) is -7.00. The van der Waals surface area contributed by atoms with E-state index in [0.29, 0.717) is 31.6 Å². The molecule has 0 saturated carbocycles. The van der Waals surface area contributed by atoms with E-state index in [2.05, 4.69) is 10.0 Å². The van der Waals surface area contributed by atoms with Crippen molar-refractivity contribution in [2.45, 2.75) is 36.7 Å². The summed E-state index contributed by atoms with van der Waals surface area (Å²) in [6.07, 6.45) is 2.40. The first-order chi connectivity index (χ1) is 12.0. The molecule has 0 radical (unpaired) electrons. The van der Waals surface area contributed by atoms with Gasteiger partial charge in [-0.25, -0.2) is 26.7 Å². The Hall–Kier alpha value is -1.53. The van der Waals surface area contributed by atoms with Gasteiger partial charge in [0.15, 0.2) is 0 Å². The smallest absolute Gasteiger partial charge is 0.241 e. The van der Waals surface area contributed by atoms with Crippen molar-refractivity contribution in [2.24, 2.45) is 5.14 Å². The molecule has 1 saturated heterocycles. The fourth-order valence-electron chi connectivity index (χ4n) is 2.85. The number of nitrogens with two attached hydrogens (primary N) is 1. The number of carbonyl (C=O) groups is 1. The van der Waals surface area contributed by atoms with Gasteiger partial charge in [0.1, 0.15) is 0 Å². The van der Waals surface area contributed by atoms with Crippen LogP contribution in [0, 0.1) is 0 Å². The highest BCUT2D eigenvalue weighted by atomic mass is 32.2. The van der Waals surface area contributed by atoms with Crippen LogP contribution in [0.15, 0.2) is 29.2 Å². The normalized spacial score (nSPS) is 18.4. The molecule has 9 nitrogen and oxygen atoms in total. The number of hydrogen-bond donors (Lipinski definition) is 3. The number of rotatable bonds is 6. The summed E-state index contributed by atoms with van der Waals surface area (Å²) in [4.78, 5) is 14.4. The Morgan fingerprint density at radius 3 is 2.15 bits per heavy atom. The average Bonchev–Trinajstić information content (AvgIpc) is 2.53. The van der Waals surface area contributed by atoms with Crippen LogP contribution in [0.5, 0.6) is 0 Å². The average molecular weight is 405 g/mol. The van der Waals surface area contributed by atoms with Crippen molar-refractivity contribution in [3.63, 3.8) is 0 Å². The van der Waals surface area contributed by atoms with E-state index in [-0.39, 0.29) is 16.8 Å². The fourth-order valence-corrected chi connectivity index (χ4v) is 4.20. The number of sulfonamides is 2. The summed E-state index contributed by atoms with van der Waals surface area (Å²) >= 11 is 0. The lowest BCUT2D eigenvalue weighted by atomic mass is 10.0. The van der Waals surface area contributed by atoms with Crippen LogP contribution < -0.4 is 15.2 Å². The summed E-state index contributed by atoms with van der Waals surface area (Å²) in [5, 5.41) is 7.78. The Morgan fingerprint density at radius 2 is 1.69 bits per heavy atom. The first-order valence-electron chi connectivity index (χ1n) is 8.11. The standard InChI is InChI=1S/C15H24N4O5S2/c1-11(19-9-7-13(8-10-19)18-25(2,21)22)15(20)17-12-3-5-14(6-4-12)26(16,23)24/h3-6,11,13,18H,7-10H2,1-2H3,(H,17,20)(H2,16,23,24)/t11-/m0/s1. The first-order valence-corrected chi connectivity index (χ1v) is 11.5. The molecule has 146 valence electrons. The van der Waals surface area contributed by atoms with Crippen LogP contribution in [-0.4, -0.2) is 59.1 Å². The molecule has 1 heterocycles. The molecule has 1 aromatic carbocycles. The molecule has 0 aromatic heterocycles. The fraction of sp³-hybridized carbons (Fsp3) is 0.533. The van der Waals surface area contributed by atoms with E-state index in [9.17, 15) is 21.6 Å². The maximum absolute atomic E-state index is 12.4. The van der Waals surface area contributed by atoms with Gasteiger partial charge >= 0.3 is 0 Å². The number of anilines is 1. The molecule has 1 aliphatic rings. The Balaban J connectivity index is 1.90. The molecule has 0 aliphatic carbocycles. The number of nitrogens with one attached hydrogen (secondary N) is 2. The summed E-state index contributed by atoms with van der Waals surface area (Å²) in [6, 6.07) is 5.11. The maximum atomic E-state index is 12.4. The minimum atomic E-state index is -3.77. The Kier molecular flexibility index (Phi) is 6.40. The SMILES string of the molecule is C[C@@H](C(=O)Nc1ccc(S(N)(=O)=O)cc1)N1CCC(NS(C)(=O)=O)CC1. The second-order valence-electron chi connectivity index (χ2n) is 6.43. The number of likely N-dealkylation sites (tertiary alicyclic amines) is 1. The van der Waals surface area contributed by atoms with Crippen molar-refractivity contribution in [3.05, 3.63) is 24.3 Å². The van der Waals surface area contributed by atoms with Crippen molar-refractivity contribution < 1.29 is 21.6 Å². The van der Waals surface area contributed by atoms with Crippen molar-refractivity contribution in [1.82, 2.24) is 9.62 Å². The number of nitrogens with zero attached hydrogens (tertiary/aromatic N) is 1. The minimum absolute atomic E-state index is 0.0241. The van der Waals surface area contributed by atoms with E-state index in [1.54, 1.807) is 6.92 Å². The third-order valence-corrected chi connectivity index (χ3v) is 5.98. The molecule has 1 atom stereocenters. The molecule has 4 N–H and O–H groups in total. The van der Waals surface area contributed by atoms with Gasteiger partial charge in [0, 0.05) is 24.8 Å². The monoisotopic (exact) mass is 404 g/mol. The van der Waals surface area contributed by atoms with Gasteiger partial charge in [0.05, 0.1) is 17.2 Å². The second-order valence-corrected chi connectivity index (χ2v) is 9.78. The summed E-state index contributed by atoms with van der Waals surface area (Å²) in [5.74, 6) is -0.220. The summed E-state index contributed by atoms with van der Waals surface area (Å²) < 4.78 is 47.6. The maximum Gasteiger partial charge on any atom is 0.241 e. The molecular formula is C15H24N4O5S2. The van der Waals surface area contributed by atoms with Gasteiger partial charge in [0.2, 0.25) is 26.0 Å². The highest BCUT2D eigenvalue weighted by Crippen LogP contribution is 2.17. The summed E-state index contributed by atoms with van der Waals surface area (Å²) in [6.45, 7) is 2.98. The van der Waals surface area contributed by atoms with E-state index in [4.69, 9.17) is 5.14 Å². The highest BCUT2D eigenvalue weighted by molar-refractivity contribution is 7.89. The van der Waals surface area contributed by atoms with Crippen LogP contribution in [0.2, 0.25) is 0 Å². The van der Waals surface area contributed by atoms with Crippen LogP contribution in [0.3, 0.4) is 0 Å². The quantitative estimate of drug-likeness (QED) is 0.594. The number of hydrogen-bond acceptors (Lipinski definition) is 6. The molecule has 1 aliphatic heterocycles. The van der Waals surface area contributed by atoms with Gasteiger partial charge in [0.25, 0.3) is 0 Å². The van der Waals surface area contributed by atoms with E-state index in [1.807, 2.05) is 4.90 Å². The molecule has 1 aromatic rings. The lowest BCUT2D eigenvalue weighted by Crippen LogP contribution is -2.50. The van der Waals surface area contributed by atoms with E-state index >= 15 is 0 Å². The van der Waals surface area contributed by atoms with Crippen LogP contribution in [-0.2, 0) is 24.8 Å². The zero-order valence-electron chi connectivity index (χ0n) is 14.7. The topological polar surface area (TPSA) is 139 Å². The molecule has 1 amide bonds. The number of piperidine rings is 1. The van der Waals surface area contributed by atoms with Gasteiger partial charge in [-0.1, -0.05) is 0 Å². The van der Waals surface area contributed by atoms with Crippen molar-refractivity contribution in [1.29, 1.82) is 0 Å². The van der Waals surface area contributed by atoms with Crippen LogP contribution in [0.4, 0.5) is 5.69 Å². The number of benzene rings is 1. The minimum Gasteiger partial charge on any atom is -0.325 e. The lowest BCUT2D eigenvalue weighted by molar-refractivity contribution is -0.121. The Bertz CT molecular complexity index is 845. The van der Waals surface area contributed by atoms with E-state index in [1.165, 1.54) is 24.3 Å². The Morgan fingerprint density at radius 1 is 1.15 bits per heavy atom. The molecule has 11 heteroatoms. The van der Waals surface area contributed by atoms with Crippen molar-refractivity contribution in [2.75, 3.05) is 24.7 Å². The van der Waals surface area contributed by atoms with Gasteiger partial charge < -0.3 is 5.32 Å². The molecule has 0 bridgehead atoms. The van der Waals surface area contributed by atoms with Crippen LogP contribution in [0.25, 0.3) is 0 Å². The predicted molar refractivity (Wildman–Crippen MR) is 98.5 cm³/mol. The highest BCUT2D eigenvalue weighted by Gasteiger charge is 2.27.